The lowest BCUT2D eigenvalue weighted by Gasteiger charge is -2.15. The number of benzene rings is 2. The number of nitrogen functional groups attached to an aromatic ring is 1. The largest absolute Gasteiger partial charge is 0.397 e. The van der Waals surface area contributed by atoms with Crippen LogP contribution in [0.3, 0.4) is 0 Å². The maximum Gasteiger partial charge on any atom is 0.139 e. The highest BCUT2D eigenvalue weighted by atomic mass is 79.9. The summed E-state index contributed by atoms with van der Waals surface area (Å²) in [5, 5.41) is 3.26. The Bertz CT molecular complexity index is 619. The van der Waals surface area contributed by atoms with E-state index in [0.717, 1.165) is 21.3 Å². The second-order valence-electron chi connectivity index (χ2n) is 4.39. The predicted octanol–water partition coefficient (Wildman–Crippen LogP) is 5.29. The SMILES string of the molecule is Cc1cc(Br)cc(C)c1Nc1cc(Br)c(F)cc1N. The number of hydrogen-bond donors (Lipinski definition) is 2. The van der Waals surface area contributed by atoms with Crippen molar-refractivity contribution in [3.8, 4) is 0 Å². The molecule has 5 heteroatoms. The van der Waals surface area contributed by atoms with Gasteiger partial charge in [0.1, 0.15) is 5.82 Å². The van der Waals surface area contributed by atoms with Crippen LogP contribution < -0.4 is 11.1 Å². The van der Waals surface area contributed by atoms with Gasteiger partial charge in [-0.3, -0.25) is 0 Å². The fourth-order valence-electron chi connectivity index (χ4n) is 1.91. The molecular weight excluding hydrogens is 375 g/mol. The average Bonchev–Trinajstić information content (AvgIpc) is 2.29. The molecule has 19 heavy (non-hydrogen) atoms. The van der Waals surface area contributed by atoms with Crippen molar-refractivity contribution in [2.24, 2.45) is 0 Å². The van der Waals surface area contributed by atoms with Crippen molar-refractivity contribution in [3.63, 3.8) is 0 Å². The number of hydrogen-bond acceptors (Lipinski definition) is 2. The summed E-state index contributed by atoms with van der Waals surface area (Å²) in [4.78, 5) is 0. The Hall–Kier alpha value is -1.07. The van der Waals surface area contributed by atoms with Crippen molar-refractivity contribution in [1.82, 2.24) is 0 Å². The summed E-state index contributed by atoms with van der Waals surface area (Å²) >= 11 is 6.62. The fraction of sp³-hybridized carbons (Fsp3) is 0.143. The molecule has 0 aliphatic rings. The van der Waals surface area contributed by atoms with Crippen molar-refractivity contribution >= 4 is 48.9 Å². The number of nitrogens with two attached hydrogens (primary N) is 1. The summed E-state index contributed by atoms with van der Waals surface area (Å²) < 4.78 is 14.8. The molecule has 3 N–H and O–H groups in total. The summed E-state index contributed by atoms with van der Waals surface area (Å²) in [6.07, 6.45) is 0. The number of nitrogens with one attached hydrogen (secondary N) is 1. The maximum absolute atomic E-state index is 13.3. The van der Waals surface area contributed by atoms with Crippen molar-refractivity contribution < 1.29 is 4.39 Å². The number of anilines is 3. The van der Waals surface area contributed by atoms with Crippen LogP contribution in [0, 0.1) is 19.7 Å². The Morgan fingerprint density at radius 2 is 1.63 bits per heavy atom. The second-order valence-corrected chi connectivity index (χ2v) is 6.16. The first kappa shape index (κ1) is 14.3. The van der Waals surface area contributed by atoms with E-state index >= 15 is 0 Å². The monoisotopic (exact) mass is 386 g/mol. The molecule has 0 fully saturated rings. The van der Waals surface area contributed by atoms with E-state index in [1.54, 1.807) is 6.07 Å². The first-order chi connectivity index (χ1) is 8.88. The van der Waals surface area contributed by atoms with E-state index in [4.69, 9.17) is 5.73 Å². The van der Waals surface area contributed by atoms with E-state index in [2.05, 4.69) is 37.2 Å². The Balaban J connectivity index is 2.45. The molecule has 0 bridgehead atoms. The Kier molecular flexibility index (Phi) is 4.16. The zero-order valence-corrected chi connectivity index (χ0v) is 13.7. The Morgan fingerprint density at radius 1 is 1.05 bits per heavy atom. The van der Waals surface area contributed by atoms with Gasteiger partial charge in [0.2, 0.25) is 0 Å². The third kappa shape index (κ3) is 3.09. The van der Waals surface area contributed by atoms with Crippen LogP contribution in [0.15, 0.2) is 33.2 Å². The van der Waals surface area contributed by atoms with Crippen LogP contribution in [0.5, 0.6) is 0 Å². The highest BCUT2D eigenvalue weighted by molar-refractivity contribution is 9.10. The van der Waals surface area contributed by atoms with E-state index in [9.17, 15) is 4.39 Å². The first-order valence-corrected chi connectivity index (χ1v) is 7.25. The molecule has 0 saturated heterocycles. The molecule has 100 valence electrons. The second kappa shape index (κ2) is 5.51. The van der Waals surface area contributed by atoms with Gasteiger partial charge >= 0.3 is 0 Å². The lowest BCUT2D eigenvalue weighted by molar-refractivity contribution is 0.622. The van der Waals surface area contributed by atoms with Crippen LogP contribution in [-0.2, 0) is 0 Å². The van der Waals surface area contributed by atoms with Crippen molar-refractivity contribution in [3.05, 3.63) is 50.2 Å². The fourth-order valence-corrected chi connectivity index (χ4v) is 2.94. The summed E-state index contributed by atoms with van der Waals surface area (Å²) in [5.74, 6) is -0.368. The van der Waals surface area contributed by atoms with E-state index in [1.165, 1.54) is 6.07 Å². The molecule has 0 aliphatic heterocycles. The van der Waals surface area contributed by atoms with E-state index in [0.29, 0.717) is 15.8 Å². The Morgan fingerprint density at radius 3 is 2.21 bits per heavy atom. The normalized spacial score (nSPS) is 10.6. The van der Waals surface area contributed by atoms with Crippen molar-refractivity contribution in [2.75, 3.05) is 11.1 Å². The van der Waals surface area contributed by atoms with Gasteiger partial charge in [0.25, 0.3) is 0 Å². The standard InChI is InChI=1S/C14H13Br2FN2/c1-7-3-9(15)4-8(2)14(7)19-13-5-10(16)11(17)6-12(13)18/h3-6,19H,18H2,1-2H3. The molecule has 2 nitrogen and oxygen atoms in total. The van der Waals surface area contributed by atoms with Crippen LogP contribution in [0.1, 0.15) is 11.1 Å². The van der Waals surface area contributed by atoms with Crippen LogP contribution >= 0.6 is 31.9 Å². The summed E-state index contributed by atoms with van der Waals surface area (Å²) in [6, 6.07) is 6.98. The molecular formula is C14H13Br2FN2. The van der Waals surface area contributed by atoms with Crippen LogP contribution in [0.25, 0.3) is 0 Å². The minimum Gasteiger partial charge on any atom is -0.397 e. The molecule has 2 aromatic carbocycles. The molecule has 0 unspecified atom stereocenters. The van der Waals surface area contributed by atoms with Crippen molar-refractivity contribution in [2.45, 2.75) is 13.8 Å². The van der Waals surface area contributed by atoms with Gasteiger partial charge in [-0.1, -0.05) is 15.9 Å². The van der Waals surface area contributed by atoms with Gasteiger partial charge in [0, 0.05) is 16.2 Å². The lowest BCUT2D eigenvalue weighted by Crippen LogP contribution is -2.01. The topological polar surface area (TPSA) is 38.0 Å². The Labute approximate surface area is 128 Å². The highest BCUT2D eigenvalue weighted by Crippen LogP contribution is 2.33. The van der Waals surface area contributed by atoms with Gasteiger partial charge in [0.05, 0.1) is 15.8 Å². The smallest absolute Gasteiger partial charge is 0.139 e. The van der Waals surface area contributed by atoms with Gasteiger partial charge in [-0.05, 0) is 59.1 Å². The van der Waals surface area contributed by atoms with Crippen LogP contribution in [0.4, 0.5) is 21.5 Å². The molecule has 0 atom stereocenters. The third-order valence-electron chi connectivity index (χ3n) is 2.85. The number of halogens is 3. The van der Waals surface area contributed by atoms with Gasteiger partial charge in [-0.2, -0.15) is 0 Å². The van der Waals surface area contributed by atoms with Crippen LogP contribution in [0.2, 0.25) is 0 Å². The highest BCUT2D eigenvalue weighted by Gasteiger charge is 2.09. The lowest BCUT2D eigenvalue weighted by atomic mass is 10.1. The average molecular weight is 388 g/mol. The first-order valence-electron chi connectivity index (χ1n) is 5.67. The molecule has 0 radical (unpaired) electrons. The molecule has 0 saturated carbocycles. The van der Waals surface area contributed by atoms with Gasteiger partial charge in [-0.25, -0.2) is 4.39 Å². The molecule has 0 amide bonds. The predicted molar refractivity (Wildman–Crippen MR) is 85.4 cm³/mol. The summed E-state index contributed by atoms with van der Waals surface area (Å²) in [7, 11) is 0. The van der Waals surface area contributed by atoms with E-state index in [-0.39, 0.29) is 5.82 Å². The van der Waals surface area contributed by atoms with Gasteiger partial charge in [0.15, 0.2) is 0 Å². The molecule has 2 aromatic rings. The number of aryl methyl sites for hydroxylation is 2. The summed E-state index contributed by atoms with van der Waals surface area (Å²) in [6.45, 7) is 4.02. The molecule has 0 heterocycles. The van der Waals surface area contributed by atoms with Crippen LogP contribution in [-0.4, -0.2) is 0 Å². The molecule has 0 spiro atoms. The van der Waals surface area contributed by atoms with Crippen molar-refractivity contribution in [1.29, 1.82) is 0 Å². The third-order valence-corrected chi connectivity index (χ3v) is 3.92. The van der Waals surface area contributed by atoms with E-state index in [1.807, 2.05) is 26.0 Å². The summed E-state index contributed by atoms with van der Waals surface area (Å²) in [5.41, 5.74) is 10.1. The van der Waals surface area contributed by atoms with Gasteiger partial charge in [-0.15, -0.1) is 0 Å². The zero-order valence-electron chi connectivity index (χ0n) is 10.5. The van der Waals surface area contributed by atoms with E-state index < -0.39 is 0 Å². The maximum atomic E-state index is 13.3. The number of rotatable bonds is 2. The quantitative estimate of drug-likeness (QED) is 0.686. The molecule has 0 aliphatic carbocycles. The minimum atomic E-state index is -0.368. The van der Waals surface area contributed by atoms with Gasteiger partial charge < -0.3 is 11.1 Å². The molecule has 2 rings (SSSR count). The minimum absolute atomic E-state index is 0.368. The zero-order chi connectivity index (χ0) is 14.2. The molecule has 0 aromatic heterocycles.